The minimum atomic E-state index is -0.161. The SMILES string of the molecule is CN1CC2CCC(C1)N2CCCF. The maximum Gasteiger partial charge on any atom is 0.0906 e. The summed E-state index contributed by atoms with van der Waals surface area (Å²) in [5, 5.41) is 0. The van der Waals surface area contributed by atoms with E-state index >= 15 is 0 Å². The van der Waals surface area contributed by atoms with Gasteiger partial charge in [0.25, 0.3) is 0 Å². The summed E-state index contributed by atoms with van der Waals surface area (Å²) < 4.78 is 12.1. The quantitative estimate of drug-likeness (QED) is 0.652. The number of piperazine rings is 1. The normalized spacial score (nSPS) is 35.5. The van der Waals surface area contributed by atoms with Crippen molar-refractivity contribution < 1.29 is 4.39 Å². The second-order valence-electron chi connectivity index (χ2n) is 4.39. The molecule has 0 aromatic rings. The van der Waals surface area contributed by atoms with Crippen LogP contribution in [0.15, 0.2) is 0 Å². The molecule has 2 unspecified atom stereocenters. The molecule has 0 aliphatic carbocycles. The number of alkyl halides is 1. The van der Waals surface area contributed by atoms with E-state index in [9.17, 15) is 4.39 Å². The van der Waals surface area contributed by atoms with Crippen LogP contribution in [0.25, 0.3) is 0 Å². The first-order valence-electron chi connectivity index (χ1n) is 5.31. The zero-order valence-electron chi connectivity index (χ0n) is 8.38. The maximum absolute atomic E-state index is 12.1. The molecule has 2 atom stereocenters. The third-order valence-corrected chi connectivity index (χ3v) is 3.37. The van der Waals surface area contributed by atoms with Crippen LogP contribution in [0.5, 0.6) is 0 Å². The van der Waals surface area contributed by atoms with E-state index in [1.807, 2.05) is 0 Å². The topological polar surface area (TPSA) is 6.48 Å². The van der Waals surface area contributed by atoms with E-state index in [4.69, 9.17) is 0 Å². The van der Waals surface area contributed by atoms with Crippen LogP contribution in [0, 0.1) is 0 Å². The Bertz CT molecular complexity index is 160. The van der Waals surface area contributed by atoms with Crippen molar-refractivity contribution >= 4 is 0 Å². The van der Waals surface area contributed by atoms with Crippen LogP contribution in [0.2, 0.25) is 0 Å². The summed E-state index contributed by atoms with van der Waals surface area (Å²) in [5.41, 5.74) is 0. The minimum absolute atomic E-state index is 0.161. The Hall–Kier alpha value is -0.150. The van der Waals surface area contributed by atoms with E-state index in [0.29, 0.717) is 0 Å². The second kappa shape index (κ2) is 3.93. The Morgan fingerprint density at radius 2 is 1.85 bits per heavy atom. The van der Waals surface area contributed by atoms with E-state index in [0.717, 1.165) is 25.0 Å². The summed E-state index contributed by atoms with van der Waals surface area (Å²) >= 11 is 0. The first kappa shape index (κ1) is 9.41. The standard InChI is InChI=1S/C10H19FN2/c1-12-7-9-3-4-10(8-12)13(9)6-2-5-11/h9-10H,2-8H2,1H3. The smallest absolute Gasteiger partial charge is 0.0906 e. The first-order valence-corrected chi connectivity index (χ1v) is 5.31. The van der Waals surface area contributed by atoms with E-state index in [1.54, 1.807) is 0 Å². The third kappa shape index (κ3) is 1.86. The molecule has 2 aliphatic heterocycles. The molecular weight excluding hydrogens is 167 g/mol. The summed E-state index contributed by atoms with van der Waals surface area (Å²) in [6, 6.07) is 1.44. The predicted octanol–water partition coefficient (Wildman–Crippen LogP) is 1.12. The van der Waals surface area contributed by atoms with Crippen molar-refractivity contribution in [2.75, 3.05) is 33.4 Å². The Labute approximate surface area is 79.7 Å². The monoisotopic (exact) mass is 186 g/mol. The molecule has 2 fully saturated rings. The van der Waals surface area contributed by atoms with Gasteiger partial charge in [0.2, 0.25) is 0 Å². The molecule has 0 aromatic carbocycles. The van der Waals surface area contributed by atoms with Crippen LogP contribution in [-0.2, 0) is 0 Å². The van der Waals surface area contributed by atoms with Crippen LogP contribution < -0.4 is 0 Å². The molecule has 0 N–H and O–H groups in total. The lowest BCUT2D eigenvalue weighted by molar-refractivity contribution is 0.0797. The number of likely N-dealkylation sites (tertiary alicyclic amines) is 1. The van der Waals surface area contributed by atoms with Gasteiger partial charge in [-0.05, 0) is 26.3 Å². The number of rotatable bonds is 3. The summed E-state index contributed by atoms with van der Waals surface area (Å²) in [4.78, 5) is 4.94. The molecule has 2 bridgehead atoms. The number of hydrogen-bond donors (Lipinski definition) is 0. The number of nitrogens with zero attached hydrogens (tertiary/aromatic N) is 2. The van der Waals surface area contributed by atoms with Crippen molar-refractivity contribution in [2.24, 2.45) is 0 Å². The Kier molecular flexibility index (Phi) is 2.84. The molecule has 76 valence electrons. The van der Waals surface area contributed by atoms with Crippen LogP contribution in [-0.4, -0.2) is 55.2 Å². The van der Waals surface area contributed by atoms with Crippen molar-refractivity contribution in [3.8, 4) is 0 Å². The van der Waals surface area contributed by atoms with E-state index in [-0.39, 0.29) is 6.67 Å². The zero-order valence-corrected chi connectivity index (χ0v) is 8.38. The van der Waals surface area contributed by atoms with E-state index < -0.39 is 0 Å². The van der Waals surface area contributed by atoms with Crippen molar-refractivity contribution in [3.63, 3.8) is 0 Å². The Morgan fingerprint density at radius 1 is 1.23 bits per heavy atom. The van der Waals surface area contributed by atoms with Crippen molar-refractivity contribution in [2.45, 2.75) is 31.3 Å². The average molecular weight is 186 g/mol. The van der Waals surface area contributed by atoms with Crippen LogP contribution in [0.3, 0.4) is 0 Å². The molecule has 2 aliphatic rings. The van der Waals surface area contributed by atoms with Gasteiger partial charge in [-0.3, -0.25) is 9.29 Å². The maximum atomic E-state index is 12.1. The Balaban J connectivity index is 1.90. The van der Waals surface area contributed by atoms with Gasteiger partial charge in [-0.2, -0.15) is 0 Å². The van der Waals surface area contributed by atoms with Crippen LogP contribution >= 0.6 is 0 Å². The van der Waals surface area contributed by atoms with Crippen molar-refractivity contribution in [1.82, 2.24) is 9.80 Å². The van der Waals surface area contributed by atoms with Gasteiger partial charge in [0.05, 0.1) is 6.67 Å². The highest BCUT2D eigenvalue weighted by Gasteiger charge is 2.37. The molecule has 0 saturated carbocycles. The van der Waals surface area contributed by atoms with Gasteiger partial charge < -0.3 is 4.90 Å². The fraction of sp³-hybridized carbons (Fsp3) is 1.00. The van der Waals surface area contributed by atoms with Gasteiger partial charge in [-0.15, -0.1) is 0 Å². The van der Waals surface area contributed by atoms with Gasteiger partial charge >= 0.3 is 0 Å². The van der Waals surface area contributed by atoms with Gasteiger partial charge in [-0.25, -0.2) is 0 Å². The highest BCUT2D eigenvalue weighted by Crippen LogP contribution is 2.29. The fourth-order valence-electron chi connectivity index (χ4n) is 2.81. The first-order chi connectivity index (χ1) is 6.31. The molecule has 2 rings (SSSR count). The molecule has 0 aromatic heterocycles. The zero-order chi connectivity index (χ0) is 9.26. The molecule has 2 saturated heterocycles. The summed E-state index contributed by atoms with van der Waals surface area (Å²) in [5.74, 6) is 0. The largest absolute Gasteiger partial charge is 0.303 e. The van der Waals surface area contributed by atoms with Crippen molar-refractivity contribution in [3.05, 3.63) is 0 Å². The van der Waals surface area contributed by atoms with Crippen LogP contribution in [0.1, 0.15) is 19.3 Å². The number of halogens is 1. The molecule has 2 heterocycles. The van der Waals surface area contributed by atoms with E-state index in [2.05, 4.69) is 16.8 Å². The molecule has 0 radical (unpaired) electrons. The van der Waals surface area contributed by atoms with Gasteiger partial charge in [0.15, 0.2) is 0 Å². The van der Waals surface area contributed by atoms with Gasteiger partial charge in [-0.1, -0.05) is 0 Å². The lowest BCUT2D eigenvalue weighted by atomic mass is 10.2. The summed E-state index contributed by atoms with van der Waals surface area (Å²) in [6.07, 6.45) is 3.36. The molecule has 0 amide bonds. The highest BCUT2D eigenvalue weighted by atomic mass is 19.1. The highest BCUT2D eigenvalue weighted by molar-refractivity contribution is 4.94. The molecule has 13 heavy (non-hydrogen) atoms. The van der Waals surface area contributed by atoms with Crippen LogP contribution in [0.4, 0.5) is 4.39 Å². The fourth-order valence-corrected chi connectivity index (χ4v) is 2.81. The molecule has 2 nitrogen and oxygen atoms in total. The number of hydrogen-bond acceptors (Lipinski definition) is 2. The average Bonchev–Trinajstić information content (AvgIpc) is 2.33. The number of likely N-dealkylation sites (N-methyl/N-ethyl adjacent to an activating group) is 1. The number of fused-ring (bicyclic) bond motifs is 2. The Morgan fingerprint density at radius 3 is 2.38 bits per heavy atom. The second-order valence-corrected chi connectivity index (χ2v) is 4.39. The minimum Gasteiger partial charge on any atom is -0.303 e. The molecule has 3 heteroatoms. The van der Waals surface area contributed by atoms with Crippen molar-refractivity contribution in [1.29, 1.82) is 0 Å². The van der Waals surface area contributed by atoms with Gasteiger partial charge in [0, 0.05) is 31.7 Å². The summed E-state index contributed by atoms with van der Waals surface area (Å²) in [6.45, 7) is 3.18. The lowest BCUT2D eigenvalue weighted by Crippen LogP contribution is -2.52. The molecule has 0 spiro atoms. The summed E-state index contributed by atoms with van der Waals surface area (Å²) in [7, 11) is 2.19. The van der Waals surface area contributed by atoms with E-state index in [1.165, 1.54) is 25.9 Å². The van der Waals surface area contributed by atoms with Gasteiger partial charge in [0.1, 0.15) is 0 Å². The lowest BCUT2D eigenvalue weighted by Gasteiger charge is -2.39. The molecular formula is C10H19FN2. The predicted molar refractivity (Wildman–Crippen MR) is 51.6 cm³/mol. The third-order valence-electron chi connectivity index (χ3n) is 3.37.